The maximum absolute atomic E-state index is 13.9. The van der Waals surface area contributed by atoms with E-state index in [1.807, 2.05) is 11.8 Å². The molecule has 0 amide bonds. The number of rotatable bonds is 4. The molecule has 1 aromatic carbocycles. The molecule has 1 aliphatic rings. The van der Waals surface area contributed by atoms with Gasteiger partial charge in [-0.1, -0.05) is 13.3 Å². The lowest BCUT2D eigenvalue weighted by Crippen LogP contribution is -2.45. The van der Waals surface area contributed by atoms with Crippen molar-refractivity contribution in [2.45, 2.75) is 25.8 Å². The number of benzene rings is 1. The molecule has 0 aliphatic carbocycles. The largest absolute Gasteiger partial charge is 0.314 e. The second-order valence-corrected chi connectivity index (χ2v) is 4.97. The Kier molecular flexibility index (Phi) is 4.99. The minimum absolute atomic E-state index is 0.259. The summed E-state index contributed by atoms with van der Waals surface area (Å²) >= 11 is 0. The lowest BCUT2D eigenvalue weighted by Gasteiger charge is -2.35. The van der Waals surface area contributed by atoms with Gasteiger partial charge >= 0.3 is 0 Å². The fourth-order valence-electron chi connectivity index (χ4n) is 2.66. The quantitative estimate of drug-likeness (QED) is 0.677. The molecule has 1 heterocycles. The van der Waals surface area contributed by atoms with Crippen molar-refractivity contribution in [3.05, 3.63) is 34.9 Å². The third-order valence-corrected chi connectivity index (χ3v) is 3.63. The van der Waals surface area contributed by atoms with Gasteiger partial charge in [0.1, 0.15) is 0 Å². The van der Waals surface area contributed by atoms with E-state index in [1.165, 1.54) is 0 Å². The van der Waals surface area contributed by atoms with E-state index in [4.69, 9.17) is 0 Å². The van der Waals surface area contributed by atoms with E-state index >= 15 is 0 Å². The van der Waals surface area contributed by atoms with E-state index in [-0.39, 0.29) is 6.07 Å². The van der Waals surface area contributed by atoms with E-state index in [0.29, 0.717) is 39.0 Å². The molecule has 0 aromatic heterocycles. The zero-order valence-electron chi connectivity index (χ0n) is 11.4. The minimum Gasteiger partial charge on any atom is -0.314 e. The summed E-state index contributed by atoms with van der Waals surface area (Å²) in [4.78, 5) is 1.88. The number of nitrogens with zero attached hydrogens (tertiary/aromatic N) is 1. The molecule has 0 radical (unpaired) electrons. The van der Waals surface area contributed by atoms with Gasteiger partial charge in [-0.3, -0.25) is 4.90 Å². The SMILES string of the molecule is CCC[C@H](c1c(F)c(F)cc(F)c1F)N1CCNCC1. The standard InChI is InChI=1S/C14H18F4N2/c1-2-3-11(20-6-4-19-5-7-20)12-13(17)9(15)8-10(16)14(12)18/h8,11,19H,2-7H2,1H3/t11-/m1/s1. The molecule has 0 spiro atoms. The van der Waals surface area contributed by atoms with Crippen LogP contribution in [0.15, 0.2) is 6.07 Å². The van der Waals surface area contributed by atoms with Crippen LogP contribution in [0.3, 0.4) is 0 Å². The van der Waals surface area contributed by atoms with Crippen LogP contribution in [0.4, 0.5) is 17.6 Å². The van der Waals surface area contributed by atoms with Gasteiger partial charge in [0.05, 0.1) is 0 Å². The lowest BCUT2D eigenvalue weighted by atomic mass is 9.98. The van der Waals surface area contributed by atoms with Crippen LogP contribution in [0, 0.1) is 23.3 Å². The number of hydrogen-bond acceptors (Lipinski definition) is 2. The summed E-state index contributed by atoms with van der Waals surface area (Å²) in [7, 11) is 0. The first-order chi connectivity index (χ1) is 9.56. The molecule has 1 fully saturated rings. The van der Waals surface area contributed by atoms with Gasteiger partial charge in [-0.25, -0.2) is 17.6 Å². The molecule has 20 heavy (non-hydrogen) atoms. The Morgan fingerprint density at radius 2 is 1.65 bits per heavy atom. The fourth-order valence-corrected chi connectivity index (χ4v) is 2.66. The molecule has 1 aliphatic heterocycles. The smallest absolute Gasteiger partial charge is 0.166 e. The van der Waals surface area contributed by atoms with Crippen molar-refractivity contribution in [2.75, 3.05) is 26.2 Å². The molecule has 1 atom stereocenters. The molecule has 0 unspecified atom stereocenters. The first kappa shape index (κ1) is 15.3. The maximum atomic E-state index is 13.9. The van der Waals surface area contributed by atoms with Crippen LogP contribution >= 0.6 is 0 Å². The Hall–Kier alpha value is -1.14. The van der Waals surface area contributed by atoms with Crippen molar-refractivity contribution in [1.29, 1.82) is 0 Å². The molecule has 6 heteroatoms. The summed E-state index contributed by atoms with van der Waals surface area (Å²) in [5.41, 5.74) is -0.480. The zero-order chi connectivity index (χ0) is 14.7. The van der Waals surface area contributed by atoms with Crippen LogP contribution in [0.2, 0.25) is 0 Å². The van der Waals surface area contributed by atoms with Crippen molar-refractivity contribution in [2.24, 2.45) is 0 Å². The Morgan fingerprint density at radius 3 is 2.15 bits per heavy atom. The Balaban J connectivity index is 2.42. The predicted molar refractivity (Wildman–Crippen MR) is 68.4 cm³/mol. The topological polar surface area (TPSA) is 15.3 Å². The number of halogens is 4. The third kappa shape index (κ3) is 2.96. The second kappa shape index (κ2) is 6.54. The molecular weight excluding hydrogens is 272 g/mol. The summed E-state index contributed by atoms with van der Waals surface area (Å²) in [5.74, 6) is -5.23. The molecule has 1 aromatic rings. The van der Waals surface area contributed by atoms with Crippen molar-refractivity contribution in [3.8, 4) is 0 Å². The Morgan fingerprint density at radius 1 is 1.10 bits per heavy atom. The minimum atomic E-state index is -1.34. The summed E-state index contributed by atoms with van der Waals surface area (Å²) in [6, 6.07) is -0.373. The molecule has 1 saturated heterocycles. The van der Waals surface area contributed by atoms with Crippen LogP contribution < -0.4 is 5.32 Å². The van der Waals surface area contributed by atoms with Gasteiger partial charge in [-0.05, 0) is 6.42 Å². The summed E-state index contributed by atoms with van der Waals surface area (Å²) in [6.45, 7) is 4.46. The highest BCUT2D eigenvalue weighted by Crippen LogP contribution is 2.32. The van der Waals surface area contributed by atoms with Crippen LogP contribution in [-0.2, 0) is 0 Å². The van der Waals surface area contributed by atoms with E-state index in [9.17, 15) is 17.6 Å². The van der Waals surface area contributed by atoms with Crippen molar-refractivity contribution in [3.63, 3.8) is 0 Å². The van der Waals surface area contributed by atoms with Gasteiger partial charge in [0.15, 0.2) is 23.3 Å². The normalized spacial score (nSPS) is 18.2. The molecule has 2 rings (SSSR count). The molecule has 0 bridgehead atoms. The molecule has 0 saturated carbocycles. The average Bonchev–Trinajstić information content (AvgIpc) is 2.45. The molecular formula is C14H18F4N2. The zero-order valence-corrected chi connectivity index (χ0v) is 11.4. The van der Waals surface area contributed by atoms with E-state index < -0.39 is 34.9 Å². The van der Waals surface area contributed by atoms with Gasteiger partial charge in [-0.2, -0.15) is 0 Å². The molecule has 1 N–H and O–H groups in total. The van der Waals surface area contributed by atoms with E-state index in [1.54, 1.807) is 0 Å². The third-order valence-electron chi connectivity index (χ3n) is 3.63. The molecule has 2 nitrogen and oxygen atoms in total. The highest BCUT2D eigenvalue weighted by Gasteiger charge is 2.30. The summed E-state index contributed by atoms with van der Waals surface area (Å²) in [5, 5.41) is 3.14. The highest BCUT2D eigenvalue weighted by atomic mass is 19.2. The Labute approximate surface area is 115 Å². The van der Waals surface area contributed by atoms with E-state index in [2.05, 4.69) is 5.32 Å². The van der Waals surface area contributed by atoms with Gasteiger partial charge < -0.3 is 5.32 Å². The Bertz CT molecular complexity index is 446. The van der Waals surface area contributed by atoms with Crippen molar-refractivity contribution in [1.82, 2.24) is 10.2 Å². The maximum Gasteiger partial charge on any atom is 0.166 e. The van der Waals surface area contributed by atoms with Crippen LogP contribution in [-0.4, -0.2) is 31.1 Å². The summed E-state index contributed by atoms with van der Waals surface area (Å²) < 4.78 is 54.6. The monoisotopic (exact) mass is 290 g/mol. The number of piperazine rings is 1. The fraction of sp³-hybridized carbons (Fsp3) is 0.571. The predicted octanol–water partition coefficient (Wildman–Crippen LogP) is 2.99. The lowest BCUT2D eigenvalue weighted by molar-refractivity contribution is 0.156. The van der Waals surface area contributed by atoms with Gasteiger partial charge in [-0.15, -0.1) is 0 Å². The first-order valence-corrected chi connectivity index (χ1v) is 6.84. The summed E-state index contributed by atoms with van der Waals surface area (Å²) in [6.07, 6.45) is 1.13. The highest BCUT2D eigenvalue weighted by molar-refractivity contribution is 5.26. The second-order valence-electron chi connectivity index (χ2n) is 4.97. The van der Waals surface area contributed by atoms with Gasteiger partial charge in [0, 0.05) is 43.9 Å². The average molecular weight is 290 g/mol. The van der Waals surface area contributed by atoms with Crippen LogP contribution in [0.5, 0.6) is 0 Å². The number of hydrogen-bond donors (Lipinski definition) is 1. The van der Waals surface area contributed by atoms with Crippen molar-refractivity contribution >= 4 is 0 Å². The first-order valence-electron chi connectivity index (χ1n) is 6.84. The van der Waals surface area contributed by atoms with Gasteiger partial charge in [0.2, 0.25) is 0 Å². The van der Waals surface area contributed by atoms with Crippen LogP contribution in [0.25, 0.3) is 0 Å². The van der Waals surface area contributed by atoms with Crippen LogP contribution in [0.1, 0.15) is 31.4 Å². The van der Waals surface area contributed by atoms with Gasteiger partial charge in [0.25, 0.3) is 0 Å². The van der Waals surface area contributed by atoms with E-state index in [0.717, 1.165) is 0 Å². The van der Waals surface area contributed by atoms with Crippen molar-refractivity contribution < 1.29 is 17.6 Å². The molecule has 112 valence electrons. The number of nitrogens with one attached hydrogen (secondary N) is 1.